The SMILES string of the molecule is CNc1ccccc1C(=O)N1CC2CN(CC[C@H](NC(=O)C3CCOC3)c3ccccc3)CC2C1. The zero-order valence-corrected chi connectivity index (χ0v) is 20.5. The molecule has 2 N–H and O–H groups in total. The molecule has 0 spiro atoms. The summed E-state index contributed by atoms with van der Waals surface area (Å²) in [5.74, 6) is 1.22. The van der Waals surface area contributed by atoms with Gasteiger partial charge in [-0.3, -0.25) is 9.59 Å². The number of rotatable bonds is 8. The molecule has 3 heterocycles. The van der Waals surface area contributed by atoms with E-state index in [1.54, 1.807) is 0 Å². The van der Waals surface area contributed by atoms with Crippen LogP contribution >= 0.6 is 0 Å². The monoisotopic (exact) mass is 476 g/mol. The van der Waals surface area contributed by atoms with Crippen LogP contribution < -0.4 is 10.6 Å². The molecule has 2 aromatic carbocycles. The molecule has 35 heavy (non-hydrogen) atoms. The van der Waals surface area contributed by atoms with Crippen LogP contribution in [-0.4, -0.2) is 74.6 Å². The third kappa shape index (κ3) is 5.36. The van der Waals surface area contributed by atoms with Gasteiger partial charge in [0.05, 0.1) is 24.1 Å². The van der Waals surface area contributed by atoms with Gasteiger partial charge in [0, 0.05) is 52.1 Å². The van der Waals surface area contributed by atoms with Crippen LogP contribution in [-0.2, 0) is 9.53 Å². The first-order chi connectivity index (χ1) is 17.1. The van der Waals surface area contributed by atoms with E-state index in [1.165, 1.54) is 0 Å². The molecular weight excluding hydrogens is 440 g/mol. The van der Waals surface area contributed by atoms with Crippen molar-refractivity contribution in [3.63, 3.8) is 0 Å². The second-order valence-electron chi connectivity index (χ2n) is 10.1. The molecule has 3 unspecified atom stereocenters. The van der Waals surface area contributed by atoms with Gasteiger partial charge in [-0.2, -0.15) is 0 Å². The molecule has 3 aliphatic heterocycles. The number of likely N-dealkylation sites (tertiary alicyclic amines) is 2. The fourth-order valence-electron chi connectivity index (χ4n) is 5.85. The van der Waals surface area contributed by atoms with Crippen molar-refractivity contribution in [2.75, 3.05) is 58.3 Å². The number of hydrogen-bond donors (Lipinski definition) is 2. The third-order valence-electron chi connectivity index (χ3n) is 7.83. The summed E-state index contributed by atoms with van der Waals surface area (Å²) >= 11 is 0. The number of ether oxygens (including phenoxy) is 1. The van der Waals surface area contributed by atoms with Crippen molar-refractivity contribution in [1.82, 2.24) is 15.1 Å². The van der Waals surface area contributed by atoms with Crippen molar-refractivity contribution in [2.45, 2.75) is 18.9 Å². The van der Waals surface area contributed by atoms with Gasteiger partial charge in [0.25, 0.3) is 5.91 Å². The highest BCUT2D eigenvalue weighted by Gasteiger charge is 2.42. The van der Waals surface area contributed by atoms with Crippen LogP contribution in [0.1, 0.15) is 34.8 Å². The first kappa shape index (κ1) is 23.8. The van der Waals surface area contributed by atoms with Crippen molar-refractivity contribution in [1.29, 1.82) is 0 Å². The fraction of sp³-hybridized carbons (Fsp3) is 0.500. The van der Waals surface area contributed by atoms with Gasteiger partial charge in [0.1, 0.15) is 0 Å². The molecule has 3 aliphatic rings. The van der Waals surface area contributed by atoms with Crippen molar-refractivity contribution in [2.24, 2.45) is 17.8 Å². The molecule has 0 bridgehead atoms. The number of fused-ring (bicyclic) bond motifs is 1. The van der Waals surface area contributed by atoms with Gasteiger partial charge in [-0.1, -0.05) is 42.5 Å². The van der Waals surface area contributed by atoms with Gasteiger partial charge in [-0.25, -0.2) is 0 Å². The Morgan fingerprint density at radius 3 is 2.40 bits per heavy atom. The minimum atomic E-state index is -0.0380. The Bertz CT molecular complexity index is 1010. The van der Waals surface area contributed by atoms with Crippen LogP contribution in [0, 0.1) is 17.8 Å². The molecule has 4 atom stereocenters. The maximum atomic E-state index is 13.1. The van der Waals surface area contributed by atoms with Gasteiger partial charge in [-0.15, -0.1) is 0 Å². The van der Waals surface area contributed by atoms with Crippen molar-refractivity contribution in [3.8, 4) is 0 Å². The zero-order valence-electron chi connectivity index (χ0n) is 20.5. The standard InChI is InChI=1S/C28H36N4O3/c1-29-26-10-6-5-9-24(26)28(34)32-17-22-15-31(16-23(22)18-32)13-11-25(20-7-3-2-4-8-20)30-27(33)21-12-14-35-19-21/h2-10,21-23,25,29H,11-19H2,1H3,(H,30,33)/t21?,22?,23?,25-/m0/s1. The number of carbonyl (C=O) groups is 2. The number of anilines is 1. The van der Waals surface area contributed by atoms with Gasteiger partial charge in [0.2, 0.25) is 5.91 Å². The lowest BCUT2D eigenvalue weighted by Crippen LogP contribution is -2.37. The van der Waals surface area contributed by atoms with E-state index in [-0.39, 0.29) is 23.8 Å². The first-order valence-corrected chi connectivity index (χ1v) is 12.8. The molecule has 5 rings (SSSR count). The third-order valence-corrected chi connectivity index (χ3v) is 7.83. The topological polar surface area (TPSA) is 73.9 Å². The Morgan fingerprint density at radius 1 is 1.00 bits per heavy atom. The molecule has 7 nitrogen and oxygen atoms in total. The molecule has 7 heteroatoms. The molecule has 0 radical (unpaired) electrons. The molecule has 3 saturated heterocycles. The highest BCUT2D eigenvalue weighted by molar-refractivity contribution is 5.99. The van der Waals surface area contributed by atoms with E-state index >= 15 is 0 Å². The predicted molar refractivity (Wildman–Crippen MR) is 136 cm³/mol. The van der Waals surface area contributed by atoms with E-state index in [9.17, 15) is 9.59 Å². The highest BCUT2D eigenvalue weighted by Crippen LogP contribution is 2.33. The summed E-state index contributed by atoms with van der Waals surface area (Å²) < 4.78 is 5.42. The lowest BCUT2D eigenvalue weighted by molar-refractivity contribution is -0.125. The number of para-hydroxylation sites is 1. The van der Waals surface area contributed by atoms with Crippen LogP contribution in [0.3, 0.4) is 0 Å². The average molecular weight is 477 g/mol. The summed E-state index contributed by atoms with van der Waals surface area (Å²) in [6, 6.07) is 18.0. The predicted octanol–water partition coefficient (Wildman–Crippen LogP) is 3.02. The van der Waals surface area contributed by atoms with Gasteiger partial charge >= 0.3 is 0 Å². The molecular formula is C28H36N4O3. The van der Waals surface area contributed by atoms with Gasteiger partial charge < -0.3 is 25.2 Å². The van der Waals surface area contributed by atoms with Crippen molar-refractivity contribution in [3.05, 3.63) is 65.7 Å². The lowest BCUT2D eigenvalue weighted by Gasteiger charge is -2.25. The van der Waals surface area contributed by atoms with Crippen LogP contribution in [0.15, 0.2) is 54.6 Å². The molecule has 0 aliphatic carbocycles. The Labute approximate surface area is 207 Å². The summed E-state index contributed by atoms with van der Waals surface area (Å²) in [6.45, 7) is 5.78. The number of hydrogen-bond acceptors (Lipinski definition) is 5. The molecule has 3 fully saturated rings. The summed E-state index contributed by atoms with van der Waals surface area (Å²) in [4.78, 5) is 30.5. The number of nitrogens with zero attached hydrogens (tertiary/aromatic N) is 2. The lowest BCUT2D eigenvalue weighted by atomic mass is 10.0. The normalized spacial score (nSPS) is 24.8. The Kier molecular flexibility index (Phi) is 7.35. The summed E-state index contributed by atoms with van der Waals surface area (Å²) in [6.07, 6.45) is 1.68. The van der Waals surface area contributed by atoms with E-state index in [4.69, 9.17) is 4.74 Å². The Hall–Kier alpha value is -2.90. The van der Waals surface area contributed by atoms with E-state index in [0.717, 1.165) is 62.4 Å². The number of carbonyl (C=O) groups excluding carboxylic acids is 2. The van der Waals surface area contributed by atoms with E-state index < -0.39 is 0 Å². The highest BCUT2D eigenvalue weighted by atomic mass is 16.5. The second kappa shape index (κ2) is 10.8. The largest absolute Gasteiger partial charge is 0.387 e. The van der Waals surface area contributed by atoms with Crippen LogP contribution in [0.2, 0.25) is 0 Å². The van der Waals surface area contributed by atoms with E-state index in [0.29, 0.717) is 25.0 Å². The average Bonchev–Trinajstić information content (AvgIpc) is 3.64. The molecule has 0 aromatic heterocycles. The Balaban J connectivity index is 1.16. The zero-order chi connectivity index (χ0) is 24.2. The van der Waals surface area contributed by atoms with Gasteiger partial charge in [0.15, 0.2) is 0 Å². The summed E-state index contributed by atoms with van der Waals surface area (Å²) in [5, 5.41) is 6.43. The number of nitrogens with one attached hydrogen (secondary N) is 2. The van der Waals surface area contributed by atoms with Crippen LogP contribution in [0.4, 0.5) is 5.69 Å². The molecule has 2 aromatic rings. The number of benzene rings is 2. The quantitative estimate of drug-likeness (QED) is 0.613. The minimum Gasteiger partial charge on any atom is -0.387 e. The molecule has 0 saturated carbocycles. The van der Waals surface area contributed by atoms with E-state index in [2.05, 4.69) is 27.7 Å². The molecule has 2 amide bonds. The second-order valence-corrected chi connectivity index (χ2v) is 10.1. The van der Waals surface area contributed by atoms with E-state index in [1.807, 2.05) is 54.4 Å². The van der Waals surface area contributed by atoms with Crippen LogP contribution in [0.5, 0.6) is 0 Å². The first-order valence-electron chi connectivity index (χ1n) is 12.8. The smallest absolute Gasteiger partial charge is 0.255 e. The summed E-state index contributed by atoms with van der Waals surface area (Å²) in [5.41, 5.74) is 2.79. The van der Waals surface area contributed by atoms with Crippen LogP contribution in [0.25, 0.3) is 0 Å². The van der Waals surface area contributed by atoms with Crippen molar-refractivity contribution < 1.29 is 14.3 Å². The maximum Gasteiger partial charge on any atom is 0.255 e. The maximum absolute atomic E-state index is 13.1. The fourth-order valence-corrected chi connectivity index (χ4v) is 5.85. The minimum absolute atomic E-state index is 0.000798. The summed E-state index contributed by atoms with van der Waals surface area (Å²) in [7, 11) is 1.86. The molecule has 186 valence electrons. The number of amides is 2. The van der Waals surface area contributed by atoms with Gasteiger partial charge in [-0.05, 0) is 42.4 Å². The Morgan fingerprint density at radius 2 is 1.71 bits per heavy atom. The van der Waals surface area contributed by atoms with Crippen molar-refractivity contribution >= 4 is 17.5 Å².